The van der Waals surface area contributed by atoms with Gasteiger partial charge in [-0.1, -0.05) is 0 Å². The van der Waals surface area contributed by atoms with E-state index in [1.807, 2.05) is 35.2 Å². The van der Waals surface area contributed by atoms with Crippen molar-refractivity contribution in [3.63, 3.8) is 0 Å². The van der Waals surface area contributed by atoms with Gasteiger partial charge in [-0.25, -0.2) is 18.9 Å². The molecular formula is C20H21FN6O. The van der Waals surface area contributed by atoms with Gasteiger partial charge in [-0.15, -0.1) is 0 Å². The van der Waals surface area contributed by atoms with Crippen LogP contribution in [0.5, 0.6) is 5.75 Å². The second-order valence-corrected chi connectivity index (χ2v) is 7.47. The molecule has 0 radical (unpaired) electrons. The molecule has 144 valence electrons. The number of ether oxygens (including phenoxy) is 1. The summed E-state index contributed by atoms with van der Waals surface area (Å²) in [6, 6.07) is 3.53. The first-order chi connectivity index (χ1) is 13.4. The standard InChI is InChI=1S/C20H21FN6O/c1-10-9-22-11(2)20-24-19(25-27(10)20)16-8-15(16)18-12(3)26-6-5-14(28-13(4)21)7-17(26)23-18/h5-7,9,13,15-16H,8H2,1-4H3. The minimum absolute atomic E-state index is 0.254. The van der Waals surface area contributed by atoms with Gasteiger partial charge in [0, 0.05) is 42.9 Å². The van der Waals surface area contributed by atoms with Crippen LogP contribution in [0.15, 0.2) is 24.5 Å². The minimum Gasteiger partial charge on any atom is -0.461 e. The first-order valence-corrected chi connectivity index (χ1v) is 9.40. The first-order valence-electron chi connectivity index (χ1n) is 9.40. The third-order valence-corrected chi connectivity index (χ3v) is 5.37. The van der Waals surface area contributed by atoms with Gasteiger partial charge in [-0.2, -0.15) is 5.10 Å². The minimum atomic E-state index is -1.35. The maximum atomic E-state index is 13.1. The van der Waals surface area contributed by atoms with Gasteiger partial charge in [0.2, 0.25) is 6.36 Å². The molecule has 0 aromatic carbocycles. The van der Waals surface area contributed by atoms with Crippen molar-refractivity contribution in [2.75, 3.05) is 0 Å². The first kappa shape index (κ1) is 17.1. The van der Waals surface area contributed by atoms with Gasteiger partial charge in [0.25, 0.3) is 0 Å². The molecule has 0 saturated heterocycles. The lowest BCUT2D eigenvalue weighted by molar-refractivity contribution is 0.0861. The van der Waals surface area contributed by atoms with Crippen molar-refractivity contribution < 1.29 is 9.13 Å². The van der Waals surface area contributed by atoms with Crippen molar-refractivity contribution in [1.82, 2.24) is 29.0 Å². The Labute approximate surface area is 161 Å². The molecule has 0 N–H and O–H groups in total. The fourth-order valence-corrected chi connectivity index (χ4v) is 3.83. The summed E-state index contributed by atoms with van der Waals surface area (Å²) in [4.78, 5) is 13.9. The van der Waals surface area contributed by atoms with Gasteiger partial charge in [0.05, 0.1) is 17.1 Å². The SMILES string of the molecule is Cc1ncc(C)n2nc(C3CC3c3nc4cc(OC(C)F)ccn4c3C)nc12. The summed E-state index contributed by atoms with van der Waals surface area (Å²) >= 11 is 0. The maximum absolute atomic E-state index is 13.1. The zero-order valence-electron chi connectivity index (χ0n) is 16.2. The number of hydrogen-bond acceptors (Lipinski definition) is 5. The maximum Gasteiger partial charge on any atom is 0.235 e. The molecule has 8 heteroatoms. The summed E-state index contributed by atoms with van der Waals surface area (Å²) in [5, 5.41) is 4.71. The van der Waals surface area contributed by atoms with E-state index >= 15 is 0 Å². The van der Waals surface area contributed by atoms with Crippen LogP contribution in [0.4, 0.5) is 4.39 Å². The monoisotopic (exact) mass is 380 g/mol. The summed E-state index contributed by atoms with van der Waals surface area (Å²) in [6.07, 6.45) is 3.30. The Balaban J connectivity index is 1.48. The fraction of sp³-hybridized carbons (Fsp3) is 0.400. The highest BCUT2D eigenvalue weighted by atomic mass is 19.1. The molecule has 0 aliphatic heterocycles. The van der Waals surface area contributed by atoms with Crippen LogP contribution in [0.25, 0.3) is 11.3 Å². The Hall–Kier alpha value is -3.03. The van der Waals surface area contributed by atoms with Crippen LogP contribution in [-0.4, -0.2) is 35.3 Å². The molecule has 1 saturated carbocycles. The van der Waals surface area contributed by atoms with Gasteiger partial charge in [0.1, 0.15) is 11.4 Å². The largest absolute Gasteiger partial charge is 0.461 e. The number of aryl methyl sites for hydroxylation is 3. The average Bonchev–Trinajstić information content (AvgIpc) is 3.18. The van der Waals surface area contributed by atoms with Gasteiger partial charge in [-0.05, 0) is 33.3 Å². The van der Waals surface area contributed by atoms with E-state index in [0.29, 0.717) is 5.75 Å². The van der Waals surface area contributed by atoms with Crippen LogP contribution in [0.3, 0.4) is 0 Å². The molecule has 1 fully saturated rings. The predicted octanol–water partition coefficient (Wildman–Crippen LogP) is 3.66. The summed E-state index contributed by atoms with van der Waals surface area (Å²) in [5.74, 6) is 1.86. The molecule has 4 heterocycles. The predicted molar refractivity (Wildman–Crippen MR) is 101 cm³/mol. The number of alkyl halides is 1. The summed E-state index contributed by atoms with van der Waals surface area (Å²) in [5.41, 5.74) is 5.54. The number of fused-ring (bicyclic) bond motifs is 2. The number of aromatic nitrogens is 6. The smallest absolute Gasteiger partial charge is 0.235 e. The summed E-state index contributed by atoms with van der Waals surface area (Å²) in [6.45, 7) is 7.34. The lowest BCUT2D eigenvalue weighted by Gasteiger charge is -2.06. The molecule has 3 unspecified atom stereocenters. The quantitative estimate of drug-likeness (QED) is 0.540. The van der Waals surface area contributed by atoms with Crippen LogP contribution in [0.2, 0.25) is 0 Å². The normalized spacial score (nSPS) is 20.0. The van der Waals surface area contributed by atoms with E-state index in [9.17, 15) is 4.39 Å². The van der Waals surface area contributed by atoms with Crippen LogP contribution in [0.1, 0.15) is 53.8 Å². The number of rotatable bonds is 4. The molecule has 4 aromatic heterocycles. The van der Waals surface area contributed by atoms with Crippen LogP contribution < -0.4 is 4.74 Å². The molecule has 1 aliphatic rings. The summed E-state index contributed by atoms with van der Waals surface area (Å²) in [7, 11) is 0. The molecule has 0 bridgehead atoms. The van der Waals surface area contributed by atoms with Crippen LogP contribution >= 0.6 is 0 Å². The highest BCUT2D eigenvalue weighted by molar-refractivity contribution is 5.50. The number of nitrogens with zero attached hydrogens (tertiary/aromatic N) is 6. The Morgan fingerprint density at radius 3 is 2.79 bits per heavy atom. The lowest BCUT2D eigenvalue weighted by Crippen LogP contribution is -2.03. The molecule has 4 aromatic rings. The lowest BCUT2D eigenvalue weighted by atomic mass is 10.2. The second kappa shape index (κ2) is 5.98. The van der Waals surface area contributed by atoms with E-state index in [2.05, 4.69) is 11.9 Å². The molecular weight excluding hydrogens is 359 g/mol. The Morgan fingerprint density at radius 1 is 1.21 bits per heavy atom. The van der Waals surface area contributed by atoms with Gasteiger partial charge in [0.15, 0.2) is 11.5 Å². The molecule has 3 atom stereocenters. The zero-order chi connectivity index (χ0) is 19.6. The third-order valence-electron chi connectivity index (χ3n) is 5.37. The van der Waals surface area contributed by atoms with Gasteiger partial charge in [-0.3, -0.25) is 4.98 Å². The van der Waals surface area contributed by atoms with Crippen LogP contribution in [-0.2, 0) is 0 Å². The second-order valence-electron chi connectivity index (χ2n) is 7.47. The third kappa shape index (κ3) is 2.63. The van der Waals surface area contributed by atoms with Crippen molar-refractivity contribution in [1.29, 1.82) is 0 Å². The van der Waals surface area contributed by atoms with Crippen molar-refractivity contribution >= 4 is 11.3 Å². The Morgan fingerprint density at radius 2 is 2.04 bits per heavy atom. The highest BCUT2D eigenvalue weighted by Gasteiger charge is 2.45. The number of pyridine rings is 1. The molecule has 5 rings (SSSR count). The molecule has 0 spiro atoms. The van der Waals surface area contributed by atoms with E-state index in [1.54, 1.807) is 12.1 Å². The van der Waals surface area contributed by atoms with E-state index in [1.165, 1.54) is 6.92 Å². The number of halogens is 1. The molecule has 0 amide bonds. The van der Waals surface area contributed by atoms with Crippen molar-refractivity contribution in [3.05, 3.63) is 53.1 Å². The van der Waals surface area contributed by atoms with E-state index in [-0.39, 0.29) is 11.8 Å². The van der Waals surface area contributed by atoms with E-state index in [4.69, 9.17) is 19.8 Å². The van der Waals surface area contributed by atoms with Crippen molar-refractivity contribution in [2.45, 2.75) is 52.3 Å². The van der Waals surface area contributed by atoms with E-state index in [0.717, 1.165) is 46.3 Å². The number of imidazole rings is 1. The van der Waals surface area contributed by atoms with Gasteiger partial charge >= 0.3 is 0 Å². The molecule has 7 nitrogen and oxygen atoms in total. The highest BCUT2D eigenvalue weighted by Crippen LogP contribution is 2.54. The van der Waals surface area contributed by atoms with Gasteiger partial charge < -0.3 is 9.14 Å². The Kier molecular flexibility index (Phi) is 3.65. The average molecular weight is 380 g/mol. The number of hydrogen-bond donors (Lipinski definition) is 0. The van der Waals surface area contributed by atoms with Crippen molar-refractivity contribution in [2.24, 2.45) is 0 Å². The topological polar surface area (TPSA) is 69.6 Å². The summed E-state index contributed by atoms with van der Waals surface area (Å²) < 4.78 is 22.1. The van der Waals surface area contributed by atoms with Crippen molar-refractivity contribution in [3.8, 4) is 5.75 Å². The van der Waals surface area contributed by atoms with Crippen LogP contribution in [0, 0.1) is 20.8 Å². The molecule has 28 heavy (non-hydrogen) atoms. The van der Waals surface area contributed by atoms with E-state index < -0.39 is 6.36 Å². The Bertz CT molecular complexity index is 1170. The molecule has 1 aliphatic carbocycles. The zero-order valence-corrected chi connectivity index (χ0v) is 16.2. The fourth-order valence-electron chi connectivity index (χ4n) is 3.83.